The minimum Gasteiger partial charge on any atom is -0.344 e. The highest BCUT2D eigenvalue weighted by Crippen LogP contribution is 2.24. The molecule has 0 saturated carbocycles. The Bertz CT molecular complexity index is 816. The lowest BCUT2D eigenvalue weighted by molar-refractivity contribution is -0.123. The van der Waals surface area contributed by atoms with Crippen molar-refractivity contribution in [3.05, 3.63) is 107 Å². The Morgan fingerprint density at radius 1 is 0.741 bits per heavy atom. The maximum absolute atomic E-state index is 12.8. The molecular weight excluding hydrogens is 351 g/mol. The van der Waals surface area contributed by atoms with Gasteiger partial charge < -0.3 is 11.1 Å². The van der Waals surface area contributed by atoms with Crippen molar-refractivity contribution in [1.82, 2.24) is 5.32 Å². The van der Waals surface area contributed by atoms with Gasteiger partial charge in [0.05, 0.1) is 6.04 Å². The highest BCUT2D eigenvalue weighted by molar-refractivity contribution is 6.92. The molecule has 3 aromatic carbocycles. The Morgan fingerprint density at radius 3 is 1.63 bits per heavy atom. The van der Waals surface area contributed by atoms with Gasteiger partial charge in [0.25, 0.3) is 0 Å². The second kappa shape index (κ2) is 9.45. The van der Waals surface area contributed by atoms with E-state index in [1.54, 1.807) is 0 Å². The van der Waals surface area contributed by atoms with Crippen molar-refractivity contribution >= 4 is 15.8 Å². The molecule has 0 spiro atoms. The molecule has 140 valence electrons. The first-order valence-corrected chi connectivity index (χ1v) is 8.78. The van der Waals surface area contributed by atoms with Crippen molar-refractivity contribution < 1.29 is 4.79 Å². The summed E-state index contributed by atoms with van der Waals surface area (Å²) in [5, 5.41) is 3.12. The predicted molar refractivity (Wildman–Crippen MR) is 117 cm³/mol. The van der Waals surface area contributed by atoms with Crippen molar-refractivity contribution in [2.75, 3.05) is 0 Å². The van der Waals surface area contributed by atoms with E-state index >= 15 is 0 Å². The Balaban J connectivity index is 0.00000261. The lowest BCUT2D eigenvalue weighted by Gasteiger charge is -2.22. The lowest BCUT2D eigenvalue weighted by Crippen LogP contribution is -2.37. The molecule has 0 aliphatic heterocycles. The molecule has 1 amide bonds. The number of carbonyl (C=O) groups excluding carboxylic acids is 1. The maximum Gasteiger partial charge on any atom is 0.242 e. The average molecular weight is 378 g/mol. The summed E-state index contributed by atoms with van der Waals surface area (Å²) in [5.41, 5.74) is 11.4. The van der Waals surface area contributed by atoms with Crippen molar-refractivity contribution in [1.29, 1.82) is 0 Å². The van der Waals surface area contributed by atoms with Crippen LogP contribution in [0.25, 0.3) is 0 Å². The average Bonchev–Trinajstić information content (AvgIpc) is 2.67. The van der Waals surface area contributed by atoms with Gasteiger partial charge in [0.1, 0.15) is 6.04 Å². The third-order valence-electron chi connectivity index (χ3n) is 4.55. The highest BCUT2D eigenvalue weighted by atomic mass is 31.0. The largest absolute Gasteiger partial charge is 0.344 e. The van der Waals surface area contributed by atoms with Crippen LogP contribution in [0.5, 0.6) is 0 Å². The summed E-state index contributed by atoms with van der Waals surface area (Å²) in [6.07, 6.45) is 0. The van der Waals surface area contributed by atoms with Gasteiger partial charge in [-0.1, -0.05) is 90.0 Å². The summed E-state index contributed by atoms with van der Waals surface area (Å²) in [5.74, 6) is -0.192. The fourth-order valence-electron chi connectivity index (χ4n) is 2.92. The zero-order valence-corrected chi connectivity index (χ0v) is 17.3. The zero-order valence-electron chi connectivity index (χ0n) is 15.9. The van der Waals surface area contributed by atoms with E-state index in [0.717, 1.165) is 16.7 Å². The topological polar surface area (TPSA) is 55.1 Å². The van der Waals surface area contributed by atoms with Gasteiger partial charge >= 0.3 is 0 Å². The van der Waals surface area contributed by atoms with E-state index in [1.165, 1.54) is 11.1 Å². The molecule has 0 heterocycles. The minimum absolute atomic E-state index is 0. The fraction of sp³-hybridized carbons (Fsp3) is 0.174. The van der Waals surface area contributed by atoms with Gasteiger partial charge in [-0.25, -0.2) is 0 Å². The molecule has 27 heavy (non-hydrogen) atoms. The highest BCUT2D eigenvalue weighted by Gasteiger charge is 2.22. The van der Waals surface area contributed by atoms with Crippen LogP contribution in [0.3, 0.4) is 0 Å². The number of carbonyl (C=O) groups is 1. The normalized spacial score (nSPS) is 11.6. The molecule has 4 heteroatoms. The van der Waals surface area contributed by atoms with Crippen LogP contribution in [0.1, 0.15) is 39.9 Å². The molecular formula is C23H27N2OP. The second-order valence-corrected chi connectivity index (χ2v) is 6.65. The van der Waals surface area contributed by atoms with Crippen molar-refractivity contribution in [3.63, 3.8) is 0 Å². The van der Waals surface area contributed by atoms with Gasteiger partial charge in [-0.15, -0.1) is 0 Å². The van der Waals surface area contributed by atoms with Crippen LogP contribution in [0.15, 0.2) is 78.9 Å². The van der Waals surface area contributed by atoms with Crippen molar-refractivity contribution in [2.24, 2.45) is 5.73 Å². The van der Waals surface area contributed by atoms with Crippen LogP contribution in [0.4, 0.5) is 0 Å². The molecule has 0 aliphatic rings. The standard InChI is InChI=1S/C23H24N2O.H3P/c1-16-8-12-19(13-9-16)22(20-14-10-17(2)11-15-20)25-23(26)21(24)18-6-4-3-5-7-18;/h3-15,21-22H,24H2,1-2H3,(H,25,26);1H3/t21-;/m0./s1. The first kappa shape index (κ1) is 20.8. The molecule has 3 rings (SSSR count). The molecule has 0 radical (unpaired) electrons. The molecule has 0 aliphatic carbocycles. The SMILES string of the molecule is Cc1ccc(C(NC(=O)[C@@H](N)c2ccccc2)c2ccc(C)cc2)cc1.P. The van der Waals surface area contributed by atoms with Gasteiger partial charge in [0.15, 0.2) is 0 Å². The van der Waals surface area contributed by atoms with E-state index in [0.29, 0.717) is 0 Å². The fourth-order valence-corrected chi connectivity index (χ4v) is 2.92. The predicted octanol–water partition coefficient (Wildman–Crippen LogP) is 4.27. The molecule has 2 atom stereocenters. The molecule has 3 aromatic rings. The van der Waals surface area contributed by atoms with Gasteiger partial charge in [0.2, 0.25) is 5.91 Å². The number of nitrogens with two attached hydrogens (primary N) is 1. The van der Waals surface area contributed by atoms with Gasteiger partial charge in [-0.05, 0) is 30.5 Å². The van der Waals surface area contributed by atoms with Crippen LogP contribution in [-0.2, 0) is 4.79 Å². The Morgan fingerprint density at radius 2 is 1.19 bits per heavy atom. The third-order valence-corrected chi connectivity index (χ3v) is 4.55. The lowest BCUT2D eigenvalue weighted by atomic mass is 9.96. The van der Waals surface area contributed by atoms with E-state index in [9.17, 15) is 4.79 Å². The monoisotopic (exact) mass is 378 g/mol. The van der Waals surface area contributed by atoms with E-state index in [2.05, 4.69) is 43.4 Å². The Kier molecular flexibility index (Phi) is 7.29. The number of hydrogen-bond donors (Lipinski definition) is 2. The first-order valence-electron chi connectivity index (χ1n) is 8.78. The summed E-state index contributed by atoms with van der Waals surface area (Å²) in [6, 6.07) is 24.9. The minimum atomic E-state index is -0.699. The maximum atomic E-state index is 12.8. The summed E-state index contributed by atoms with van der Waals surface area (Å²) in [6.45, 7) is 4.10. The van der Waals surface area contributed by atoms with Crippen molar-refractivity contribution in [3.8, 4) is 0 Å². The number of rotatable bonds is 5. The zero-order chi connectivity index (χ0) is 18.5. The summed E-state index contributed by atoms with van der Waals surface area (Å²) >= 11 is 0. The van der Waals surface area contributed by atoms with E-state index < -0.39 is 6.04 Å². The molecule has 0 saturated heterocycles. The van der Waals surface area contributed by atoms with Gasteiger partial charge in [-0.3, -0.25) is 4.79 Å². The number of hydrogen-bond acceptors (Lipinski definition) is 2. The summed E-state index contributed by atoms with van der Waals surface area (Å²) in [7, 11) is 0. The van der Waals surface area contributed by atoms with Crippen LogP contribution in [0, 0.1) is 13.8 Å². The quantitative estimate of drug-likeness (QED) is 0.652. The number of benzene rings is 3. The first-order chi connectivity index (χ1) is 12.5. The molecule has 0 fully saturated rings. The van der Waals surface area contributed by atoms with E-state index in [4.69, 9.17) is 5.73 Å². The van der Waals surface area contributed by atoms with Crippen LogP contribution >= 0.6 is 9.90 Å². The van der Waals surface area contributed by atoms with Crippen molar-refractivity contribution in [2.45, 2.75) is 25.9 Å². The molecule has 1 unspecified atom stereocenters. The summed E-state index contributed by atoms with van der Waals surface area (Å²) < 4.78 is 0. The number of nitrogens with one attached hydrogen (secondary N) is 1. The van der Waals surface area contributed by atoms with Crippen LogP contribution in [-0.4, -0.2) is 5.91 Å². The molecule has 0 aromatic heterocycles. The third kappa shape index (κ3) is 5.26. The molecule has 0 bridgehead atoms. The van der Waals surface area contributed by atoms with Gasteiger partial charge in [0, 0.05) is 0 Å². The second-order valence-electron chi connectivity index (χ2n) is 6.65. The Labute approximate surface area is 164 Å². The number of aryl methyl sites for hydroxylation is 2. The van der Waals surface area contributed by atoms with Crippen LogP contribution < -0.4 is 11.1 Å². The number of amides is 1. The molecule has 3 N–H and O–H groups in total. The van der Waals surface area contributed by atoms with Crippen LogP contribution in [0.2, 0.25) is 0 Å². The van der Waals surface area contributed by atoms with E-state index in [1.807, 2.05) is 54.6 Å². The Hall–Kier alpha value is -2.48. The van der Waals surface area contributed by atoms with E-state index in [-0.39, 0.29) is 21.8 Å². The molecule has 3 nitrogen and oxygen atoms in total. The summed E-state index contributed by atoms with van der Waals surface area (Å²) in [4.78, 5) is 12.8. The smallest absolute Gasteiger partial charge is 0.242 e. The van der Waals surface area contributed by atoms with Gasteiger partial charge in [-0.2, -0.15) is 9.90 Å².